The molecule has 0 aliphatic heterocycles. The second-order valence-corrected chi connectivity index (χ2v) is 6.59. The Hall–Kier alpha value is -2.66. The molecule has 0 unspecified atom stereocenters. The van der Waals surface area contributed by atoms with Crippen molar-refractivity contribution in [1.29, 1.82) is 0 Å². The third-order valence-electron chi connectivity index (χ3n) is 3.63. The second-order valence-electron chi connectivity index (χ2n) is 5.73. The third-order valence-corrected chi connectivity index (χ3v) is 4.39. The molecule has 128 valence electrons. The summed E-state index contributed by atoms with van der Waals surface area (Å²) < 4.78 is 5.59. The maximum absolute atomic E-state index is 12.3. The first kappa shape index (κ1) is 17.2. The highest BCUT2D eigenvalue weighted by molar-refractivity contribution is 7.14. The number of carbonyl (C=O) groups is 1. The quantitative estimate of drug-likeness (QED) is 0.667. The van der Waals surface area contributed by atoms with E-state index in [-0.39, 0.29) is 5.91 Å². The van der Waals surface area contributed by atoms with Crippen molar-refractivity contribution in [1.82, 2.24) is 4.98 Å². The number of rotatable bonds is 6. The highest BCUT2D eigenvalue weighted by atomic mass is 32.1. The normalized spacial score (nSPS) is 10.5. The number of thiazole rings is 1. The van der Waals surface area contributed by atoms with E-state index in [0.717, 1.165) is 29.0 Å². The van der Waals surface area contributed by atoms with Crippen LogP contribution in [0.15, 0.2) is 53.9 Å². The molecule has 0 radical (unpaired) electrons. The number of aryl methyl sites for hydroxylation is 1. The number of nitrogens with one attached hydrogen (secondary N) is 1. The summed E-state index contributed by atoms with van der Waals surface area (Å²) >= 11 is 1.42. The summed E-state index contributed by atoms with van der Waals surface area (Å²) in [5.41, 5.74) is 3.52. The Kier molecular flexibility index (Phi) is 5.46. The standard InChI is InChI=1S/C20H20N2O2S/c1-3-11-24-17-9-7-15(8-10-17)18-13-25-20(21-18)22-19(23)16-6-4-5-14(2)12-16/h4-10,12-13H,3,11H2,1-2H3,(H,21,22,23). The van der Waals surface area contributed by atoms with Gasteiger partial charge in [0.2, 0.25) is 0 Å². The van der Waals surface area contributed by atoms with Crippen molar-refractivity contribution in [2.45, 2.75) is 20.3 Å². The molecule has 0 fully saturated rings. The van der Waals surface area contributed by atoms with E-state index in [1.807, 2.05) is 54.8 Å². The molecule has 4 nitrogen and oxygen atoms in total. The summed E-state index contributed by atoms with van der Waals surface area (Å²) in [7, 11) is 0. The first-order valence-corrected chi connectivity index (χ1v) is 9.10. The lowest BCUT2D eigenvalue weighted by atomic mass is 10.1. The van der Waals surface area contributed by atoms with Gasteiger partial charge in [0, 0.05) is 16.5 Å². The van der Waals surface area contributed by atoms with E-state index >= 15 is 0 Å². The Balaban J connectivity index is 1.68. The van der Waals surface area contributed by atoms with Gasteiger partial charge in [0.05, 0.1) is 12.3 Å². The van der Waals surface area contributed by atoms with Crippen LogP contribution in [-0.2, 0) is 0 Å². The molecule has 1 aromatic heterocycles. The fourth-order valence-electron chi connectivity index (χ4n) is 2.36. The maximum Gasteiger partial charge on any atom is 0.257 e. The van der Waals surface area contributed by atoms with Crippen molar-refractivity contribution in [2.75, 3.05) is 11.9 Å². The van der Waals surface area contributed by atoms with Crippen molar-refractivity contribution in [3.63, 3.8) is 0 Å². The number of hydrogen-bond donors (Lipinski definition) is 1. The zero-order chi connectivity index (χ0) is 17.6. The first-order valence-electron chi connectivity index (χ1n) is 8.22. The van der Waals surface area contributed by atoms with Gasteiger partial charge in [-0.25, -0.2) is 4.98 Å². The van der Waals surface area contributed by atoms with E-state index in [4.69, 9.17) is 4.74 Å². The lowest BCUT2D eigenvalue weighted by molar-refractivity contribution is 0.102. The van der Waals surface area contributed by atoms with Crippen LogP contribution in [0, 0.1) is 6.92 Å². The number of amides is 1. The van der Waals surface area contributed by atoms with Gasteiger partial charge in [0.25, 0.3) is 5.91 Å². The van der Waals surface area contributed by atoms with Crippen LogP contribution in [0.25, 0.3) is 11.3 Å². The van der Waals surface area contributed by atoms with Gasteiger partial charge >= 0.3 is 0 Å². The molecule has 0 aliphatic rings. The Labute approximate surface area is 151 Å². The highest BCUT2D eigenvalue weighted by Gasteiger charge is 2.10. The number of aromatic nitrogens is 1. The van der Waals surface area contributed by atoms with Crippen LogP contribution in [0.5, 0.6) is 5.75 Å². The van der Waals surface area contributed by atoms with Crippen LogP contribution in [0.4, 0.5) is 5.13 Å². The molecular weight excluding hydrogens is 332 g/mol. The zero-order valence-corrected chi connectivity index (χ0v) is 15.1. The predicted molar refractivity (Wildman–Crippen MR) is 102 cm³/mol. The average Bonchev–Trinajstić information content (AvgIpc) is 3.09. The molecule has 0 bridgehead atoms. The number of anilines is 1. The largest absolute Gasteiger partial charge is 0.494 e. The van der Waals surface area contributed by atoms with Gasteiger partial charge in [-0.1, -0.05) is 24.6 Å². The molecule has 3 rings (SSSR count). The van der Waals surface area contributed by atoms with Crippen molar-refractivity contribution in [2.24, 2.45) is 0 Å². The average molecular weight is 352 g/mol. The molecule has 25 heavy (non-hydrogen) atoms. The van der Waals surface area contributed by atoms with E-state index in [9.17, 15) is 4.79 Å². The van der Waals surface area contributed by atoms with E-state index in [1.165, 1.54) is 11.3 Å². The van der Waals surface area contributed by atoms with E-state index in [0.29, 0.717) is 17.3 Å². The van der Waals surface area contributed by atoms with Gasteiger partial charge < -0.3 is 4.74 Å². The number of carbonyl (C=O) groups excluding carboxylic acids is 1. The monoisotopic (exact) mass is 352 g/mol. The number of hydrogen-bond acceptors (Lipinski definition) is 4. The molecule has 0 saturated carbocycles. The summed E-state index contributed by atoms with van der Waals surface area (Å²) in [4.78, 5) is 16.8. The van der Waals surface area contributed by atoms with E-state index in [1.54, 1.807) is 6.07 Å². The smallest absolute Gasteiger partial charge is 0.257 e. The fraction of sp³-hybridized carbons (Fsp3) is 0.200. The zero-order valence-electron chi connectivity index (χ0n) is 14.3. The van der Waals surface area contributed by atoms with Gasteiger partial charge in [-0.05, 0) is 49.7 Å². The molecule has 0 spiro atoms. The van der Waals surface area contributed by atoms with Gasteiger partial charge in [0.1, 0.15) is 5.75 Å². The first-order chi connectivity index (χ1) is 12.2. The summed E-state index contributed by atoms with van der Waals surface area (Å²) in [6.45, 7) is 4.76. The Morgan fingerprint density at radius 1 is 1.20 bits per heavy atom. The van der Waals surface area contributed by atoms with E-state index < -0.39 is 0 Å². The van der Waals surface area contributed by atoms with E-state index in [2.05, 4.69) is 17.2 Å². The molecule has 1 heterocycles. The fourth-order valence-corrected chi connectivity index (χ4v) is 3.08. The molecule has 1 N–H and O–H groups in total. The minimum absolute atomic E-state index is 0.145. The molecule has 3 aromatic rings. The lowest BCUT2D eigenvalue weighted by Gasteiger charge is -2.05. The van der Waals surface area contributed by atoms with Gasteiger partial charge in [-0.3, -0.25) is 10.1 Å². The maximum atomic E-state index is 12.3. The van der Waals surface area contributed by atoms with Crippen LogP contribution in [0.3, 0.4) is 0 Å². The van der Waals surface area contributed by atoms with Crippen molar-refractivity contribution < 1.29 is 9.53 Å². The van der Waals surface area contributed by atoms with Crippen LogP contribution in [-0.4, -0.2) is 17.5 Å². The number of benzene rings is 2. The van der Waals surface area contributed by atoms with Crippen LogP contribution in [0.1, 0.15) is 29.3 Å². The Bertz CT molecular complexity index is 856. The highest BCUT2D eigenvalue weighted by Crippen LogP contribution is 2.27. The van der Waals surface area contributed by atoms with Crippen LogP contribution in [0.2, 0.25) is 0 Å². The van der Waals surface area contributed by atoms with Crippen LogP contribution >= 0.6 is 11.3 Å². The molecule has 0 atom stereocenters. The SMILES string of the molecule is CCCOc1ccc(-c2csc(NC(=O)c3cccc(C)c3)n2)cc1. The molecule has 0 saturated heterocycles. The molecule has 5 heteroatoms. The second kappa shape index (κ2) is 7.94. The van der Waals surface area contributed by atoms with Gasteiger partial charge in [-0.15, -0.1) is 11.3 Å². The summed E-state index contributed by atoms with van der Waals surface area (Å²) in [6.07, 6.45) is 0.984. The summed E-state index contributed by atoms with van der Waals surface area (Å²) in [5.74, 6) is 0.710. The summed E-state index contributed by atoms with van der Waals surface area (Å²) in [5, 5.41) is 5.39. The van der Waals surface area contributed by atoms with Crippen LogP contribution < -0.4 is 10.1 Å². The van der Waals surface area contributed by atoms with Gasteiger partial charge in [-0.2, -0.15) is 0 Å². The topological polar surface area (TPSA) is 51.2 Å². The number of nitrogens with zero attached hydrogens (tertiary/aromatic N) is 1. The third kappa shape index (κ3) is 4.45. The molecule has 0 aliphatic carbocycles. The minimum Gasteiger partial charge on any atom is -0.494 e. The Morgan fingerprint density at radius 2 is 2.00 bits per heavy atom. The van der Waals surface area contributed by atoms with Crippen molar-refractivity contribution in [3.8, 4) is 17.0 Å². The molecule has 2 aromatic carbocycles. The van der Waals surface area contributed by atoms with Crippen molar-refractivity contribution in [3.05, 3.63) is 65.0 Å². The number of ether oxygens (including phenoxy) is 1. The molecular formula is C20H20N2O2S. The van der Waals surface area contributed by atoms with Crippen molar-refractivity contribution >= 4 is 22.4 Å². The predicted octanol–water partition coefficient (Wildman–Crippen LogP) is 5.16. The van der Waals surface area contributed by atoms with Gasteiger partial charge in [0.15, 0.2) is 5.13 Å². The summed E-state index contributed by atoms with van der Waals surface area (Å²) in [6, 6.07) is 15.3. The molecule has 1 amide bonds. The minimum atomic E-state index is -0.145. The lowest BCUT2D eigenvalue weighted by Crippen LogP contribution is -2.11. The Morgan fingerprint density at radius 3 is 2.72 bits per heavy atom.